The number of aryl methyl sites for hydroxylation is 2. The number of rotatable bonds is 15. The summed E-state index contributed by atoms with van der Waals surface area (Å²) < 4.78 is 35.6. The summed E-state index contributed by atoms with van der Waals surface area (Å²) in [6, 6.07) is 0.112. The maximum atomic E-state index is 14.8. The third-order valence-corrected chi connectivity index (χ3v) is 9.51. The molecule has 3 rings (SSSR count). The predicted octanol–water partition coefficient (Wildman–Crippen LogP) is 9.60. The van der Waals surface area contributed by atoms with Gasteiger partial charge < -0.3 is 9.64 Å². The number of nitrogens with zero attached hydrogens (tertiary/aromatic N) is 3. The molecule has 0 aliphatic heterocycles. The fourth-order valence-electron chi connectivity index (χ4n) is 6.47. The number of halogens is 2. The number of alkyl halides is 2. The fraction of sp³-hybridized carbons (Fsp3) is 0.595. The Labute approximate surface area is 264 Å². The van der Waals surface area contributed by atoms with E-state index in [0.29, 0.717) is 17.8 Å². The molecule has 1 aliphatic rings. The lowest BCUT2D eigenvalue weighted by atomic mass is 9.81. The molecule has 1 unspecified atom stereocenters. The van der Waals surface area contributed by atoms with E-state index in [1.807, 2.05) is 13.8 Å². The SMILES string of the molecule is C/C=C(C)\C(C)=C(/C(=N)c1c(CC)c(CC)c2cnc(OCC3(CN(CCC)CCC)CC3(F)F)nc2c1C)C(C)=C(C)C. The number of aromatic nitrogens is 2. The lowest BCUT2D eigenvalue weighted by molar-refractivity contribution is 0.0218. The molecule has 1 aliphatic carbocycles. The molecule has 1 aromatic heterocycles. The molecule has 0 saturated heterocycles. The number of nitrogens with one attached hydrogen (secondary N) is 1. The number of allylic oxidation sites excluding steroid dienone is 6. The van der Waals surface area contributed by atoms with Crippen LogP contribution in [-0.4, -0.2) is 52.7 Å². The number of benzene rings is 1. The molecule has 1 fully saturated rings. The van der Waals surface area contributed by atoms with Gasteiger partial charge in [-0.2, -0.15) is 4.98 Å². The zero-order valence-corrected chi connectivity index (χ0v) is 29.0. The van der Waals surface area contributed by atoms with Crippen LogP contribution >= 0.6 is 0 Å². The molecule has 7 heteroatoms. The monoisotopic (exact) mass is 608 g/mol. The van der Waals surface area contributed by atoms with E-state index in [1.165, 1.54) is 5.57 Å². The molecule has 0 bridgehead atoms. The van der Waals surface area contributed by atoms with Crippen molar-refractivity contribution < 1.29 is 13.5 Å². The minimum Gasteiger partial charge on any atom is -0.463 e. The maximum Gasteiger partial charge on any atom is 0.316 e. The van der Waals surface area contributed by atoms with Crippen molar-refractivity contribution in [2.24, 2.45) is 5.41 Å². The molecule has 1 saturated carbocycles. The summed E-state index contributed by atoms with van der Waals surface area (Å²) in [4.78, 5) is 11.5. The van der Waals surface area contributed by atoms with Gasteiger partial charge in [0.1, 0.15) is 6.61 Å². The van der Waals surface area contributed by atoms with Gasteiger partial charge in [0.05, 0.1) is 16.6 Å². The van der Waals surface area contributed by atoms with E-state index in [-0.39, 0.29) is 19.0 Å². The molecular weight excluding hydrogens is 554 g/mol. The zero-order valence-electron chi connectivity index (χ0n) is 29.0. The Bertz CT molecular complexity index is 1480. The Morgan fingerprint density at radius 2 is 1.59 bits per heavy atom. The Kier molecular flexibility index (Phi) is 11.7. The Morgan fingerprint density at radius 1 is 1.00 bits per heavy atom. The van der Waals surface area contributed by atoms with Crippen LogP contribution in [-0.2, 0) is 12.8 Å². The van der Waals surface area contributed by atoms with Crippen molar-refractivity contribution >= 4 is 16.6 Å². The first-order valence-electron chi connectivity index (χ1n) is 16.4. The van der Waals surface area contributed by atoms with Crippen LogP contribution < -0.4 is 4.74 Å². The second-order valence-electron chi connectivity index (χ2n) is 12.8. The van der Waals surface area contributed by atoms with Gasteiger partial charge in [0.25, 0.3) is 5.92 Å². The lowest BCUT2D eigenvalue weighted by Crippen LogP contribution is -2.37. The molecule has 0 amide bonds. The van der Waals surface area contributed by atoms with Gasteiger partial charge in [-0.15, -0.1) is 0 Å². The third kappa shape index (κ3) is 6.98. The van der Waals surface area contributed by atoms with Crippen LogP contribution in [0.25, 0.3) is 10.9 Å². The molecule has 1 heterocycles. The molecular formula is C37H54F2N4O. The summed E-state index contributed by atoms with van der Waals surface area (Å²) >= 11 is 0. The summed E-state index contributed by atoms with van der Waals surface area (Å²) in [7, 11) is 0. The average Bonchev–Trinajstić information content (AvgIpc) is 3.54. The minimum atomic E-state index is -2.76. The zero-order chi connectivity index (χ0) is 33.0. The van der Waals surface area contributed by atoms with Gasteiger partial charge in [-0.3, -0.25) is 5.41 Å². The molecule has 2 aromatic rings. The summed E-state index contributed by atoms with van der Waals surface area (Å²) in [6.45, 7) is 24.6. The van der Waals surface area contributed by atoms with Crippen LogP contribution in [0.4, 0.5) is 8.78 Å². The van der Waals surface area contributed by atoms with Gasteiger partial charge in [-0.05, 0) is 115 Å². The number of ether oxygens (including phenoxy) is 1. The molecule has 44 heavy (non-hydrogen) atoms. The number of hydrogen-bond donors (Lipinski definition) is 1. The molecule has 0 spiro atoms. The van der Waals surface area contributed by atoms with Crippen molar-refractivity contribution in [1.82, 2.24) is 14.9 Å². The highest BCUT2D eigenvalue weighted by molar-refractivity contribution is 6.17. The smallest absolute Gasteiger partial charge is 0.316 e. The van der Waals surface area contributed by atoms with Crippen LogP contribution in [0.1, 0.15) is 111 Å². The highest BCUT2D eigenvalue weighted by atomic mass is 19.3. The summed E-state index contributed by atoms with van der Waals surface area (Å²) in [6.07, 6.45) is 7.06. The molecule has 1 N–H and O–H groups in total. The molecule has 1 atom stereocenters. The molecule has 5 nitrogen and oxygen atoms in total. The van der Waals surface area contributed by atoms with Gasteiger partial charge in [-0.25, -0.2) is 13.8 Å². The summed E-state index contributed by atoms with van der Waals surface area (Å²) in [5.74, 6) is -2.76. The topological polar surface area (TPSA) is 62.1 Å². The minimum absolute atomic E-state index is 0.112. The fourth-order valence-corrected chi connectivity index (χ4v) is 6.47. The van der Waals surface area contributed by atoms with Gasteiger partial charge in [0, 0.05) is 35.7 Å². The van der Waals surface area contributed by atoms with Crippen molar-refractivity contribution in [3.8, 4) is 6.01 Å². The second-order valence-corrected chi connectivity index (χ2v) is 12.8. The standard InChI is InChI=1S/C37H54F2N4O/c1-12-17-43(18-13-2)21-36(20-37(36,38)39)22-44-35-41-19-30-28(15-4)29(16-5)32(27(11)34(30)42-35)33(40)31(25(9)23(6)7)26(10)24(8)14-3/h14,19,40H,12-13,15-18,20-22H2,1-11H3/b24-14-,31-26-,40-33?. The van der Waals surface area contributed by atoms with Crippen molar-refractivity contribution in [1.29, 1.82) is 5.41 Å². The van der Waals surface area contributed by atoms with Gasteiger partial charge in [-0.1, -0.05) is 44.9 Å². The first kappa shape index (κ1) is 35.5. The number of hydrogen-bond acceptors (Lipinski definition) is 5. The van der Waals surface area contributed by atoms with E-state index < -0.39 is 11.3 Å². The molecule has 242 valence electrons. The van der Waals surface area contributed by atoms with Gasteiger partial charge in [0.15, 0.2) is 0 Å². The van der Waals surface area contributed by atoms with Gasteiger partial charge in [0.2, 0.25) is 0 Å². The van der Waals surface area contributed by atoms with E-state index in [0.717, 1.165) is 88.7 Å². The van der Waals surface area contributed by atoms with Crippen molar-refractivity contribution in [2.75, 3.05) is 26.2 Å². The van der Waals surface area contributed by atoms with Crippen molar-refractivity contribution in [3.63, 3.8) is 0 Å². The molecule has 1 aromatic carbocycles. The van der Waals surface area contributed by atoms with E-state index in [1.54, 1.807) is 6.20 Å². The number of fused-ring (bicyclic) bond motifs is 1. The Balaban J connectivity index is 2.14. The first-order chi connectivity index (χ1) is 20.7. The van der Waals surface area contributed by atoms with Crippen molar-refractivity contribution in [2.45, 2.75) is 114 Å². The van der Waals surface area contributed by atoms with Gasteiger partial charge >= 0.3 is 6.01 Å². The third-order valence-electron chi connectivity index (χ3n) is 9.51. The summed E-state index contributed by atoms with van der Waals surface area (Å²) in [5.41, 5.74) is 9.43. The van der Waals surface area contributed by atoms with E-state index >= 15 is 0 Å². The highest BCUT2D eigenvalue weighted by Crippen LogP contribution is 2.61. The largest absolute Gasteiger partial charge is 0.463 e. The highest BCUT2D eigenvalue weighted by Gasteiger charge is 2.72. The van der Waals surface area contributed by atoms with E-state index in [4.69, 9.17) is 9.72 Å². The quantitative estimate of drug-likeness (QED) is 0.162. The maximum absolute atomic E-state index is 14.8. The Morgan fingerprint density at radius 3 is 2.07 bits per heavy atom. The predicted molar refractivity (Wildman–Crippen MR) is 181 cm³/mol. The first-order valence-corrected chi connectivity index (χ1v) is 16.4. The van der Waals surface area contributed by atoms with E-state index in [2.05, 4.69) is 78.3 Å². The average molecular weight is 609 g/mol. The van der Waals surface area contributed by atoms with Crippen LogP contribution in [0.15, 0.2) is 40.1 Å². The summed E-state index contributed by atoms with van der Waals surface area (Å²) in [5, 5.41) is 10.6. The lowest BCUT2D eigenvalue weighted by Gasteiger charge is -2.27. The normalized spacial score (nSPS) is 18.5. The van der Waals surface area contributed by atoms with E-state index in [9.17, 15) is 14.2 Å². The van der Waals surface area contributed by atoms with Crippen LogP contribution in [0.3, 0.4) is 0 Å². The van der Waals surface area contributed by atoms with Crippen LogP contribution in [0.2, 0.25) is 0 Å². The van der Waals surface area contributed by atoms with Crippen LogP contribution in [0.5, 0.6) is 6.01 Å². The second kappa shape index (κ2) is 14.4. The Hall–Kier alpha value is -2.93. The molecule has 0 radical (unpaired) electrons. The van der Waals surface area contributed by atoms with Crippen LogP contribution in [0, 0.1) is 17.7 Å². The van der Waals surface area contributed by atoms with Crippen molar-refractivity contribution in [3.05, 3.63) is 62.4 Å².